The van der Waals surface area contributed by atoms with Gasteiger partial charge < -0.3 is 8.83 Å². The summed E-state index contributed by atoms with van der Waals surface area (Å²) in [7, 11) is 0. The van der Waals surface area contributed by atoms with Crippen molar-refractivity contribution in [2.45, 2.75) is 0 Å². The number of benzene rings is 21. The van der Waals surface area contributed by atoms with Gasteiger partial charge in [-0.1, -0.05) is 376 Å². The predicted octanol–water partition coefficient (Wildman–Crippen LogP) is 35.0. The summed E-state index contributed by atoms with van der Waals surface area (Å²) in [6.07, 6.45) is 3.78. The Morgan fingerprint density at radius 1 is 0.217 bits per heavy atom. The minimum Gasteiger partial charge on any atom is -0.455 e. The van der Waals surface area contributed by atoms with Crippen LogP contribution in [0.1, 0.15) is 0 Å². The lowest BCUT2D eigenvalue weighted by Gasteiger charge is -2.15. The maximum atomic E-state index is 6.64. The summed E-state index contributed by atoms with van der Waals surface area (Å²) >= 11 is 1.87. The second-order valence-corrected chi connectivity index (χ2v) is 36.6. The van der Waals surface area contributed by atoms with Gasteiger partial charge in [0.15, 0.2) is 0 Å². The number of furan rings is 2. The van der Waals surface area contributed by atoms with E-state index in [4.69, 9.17) is 33.8 Å². The lowest BCUT2D eigenvalue weighted by atomic mass is 9.91. The van der Waals surface area contributed by atoms with Gasteiger partial charge in [0, 0.05) is 124 Å². The number of fused-ring (bicyclic) bond motifs is 35. The van der Waals surface area contributed by atoms with Crippen molar-refractivity contribution in [3.63, 3.8) is 0 Å². The summed E-state index contributed by atoms with van der Waals surface area (Å²) in [4.78, 5) is 31.6. The highest BCUT2D eigenvalue weighted by atomic mass is 32.1. The molecule has 0 saturated heterocycles. The third-order valence-corrected chi connectivity index (χ3v) is 29.1. The first-order chi connectivity index (χ1) is 68.5. The van der Waals surface area contributed by atoms with Gasteiger partial charge in [0.2, 0.25) is 5.95 Å². The fourth-order valence-corrected chi connectivity index (χ4v) is 23.1. The minimum absolute atomic E-state index is 0.612. The molecular formula is C128H75N7O2S. The van der Waals surface area contributed by atoms with Gasteiger partial charge in [-0.2, -0.15) is 0 Å². The molecule has 9 heterocycles. The molecule has 0 radical (unpaired) electrons. The minimum atomic E-state index is 0.612. The molecule has 0 aliphatic rings. The fraction of sp³-hybridized carbons (Fsp3) is 0. The standard InChI is InChI=1S/C48H27N5S.C41H25NO.C39H23NO/c1-2-12-28(13-3-1)44-35-18-8-10-20-38(35)50-48(52-44)53-39-23-22-29(26-37(39)30-24-25-49-27-40(30)53)45-33-16-6-5-15-32(33)43-46(51-45)34-17-7-4-14-31(34)42-36-19-9-11-21-41(36)54-47(42)43;1-3-13-26(14-4-1)28-23-29(27-15-5-2-6-16-27)25-30(24-28)39-33-19-9-8-18-32(33)38-40(42-39)34-20-10-7-17-31(34)37-35-21-11-12-22-36(35)43-41(37)38;1-2-15-27-24(11-1)12-10-21-28(27)25-13-9-14-26(23-25)37-31-18-5-4-17-30(31)36-38(40-37)32-19-6-3-16-29(32)35-33-20-7-8-22-34(33)41-39(35)36/h1-27H;1-25H;1-23H. The molecule has 9 nitrogen and oxygen atoms in total. The van der Waals surface area contributed by atoms with Crippen molar-refractivity contribution < 1.29 is 8.83 Å². The van der Waals surface area contributed by atoms with Gasteiger partial charge in [0.1, 0.15) is 22.3 Å². The molecule has 0 bridgehead atoms. The van der Waals surface area contributed by atoms with Crippen LogP contribution in [0.4, 0.5) is 0 Å². The van der Waals surface area contributed by atoms with Gasteiger partial charge in [-0.05, 0) is 143 Å². The van der Waals surface area contributed by atoms with Crippen molar-refractivity contribution >= 4 is 216 Å². The molecule has 10 heteroatoms. The lowest BCUT2D eigenvalue weighted by molar-refractivity contribution is 0.672. The molecule has 0 fully saturated rings. The van der Waals surface area contributed by atoms with E-state index in [9.17, 15) is 0 Å². The van der Waals surface area contributed by atoms with Crippen LogP contribution >= 0.6 is 11.3 Å². The van der Waals surface area contributed by atoms with Gasteiger partial charge >= 0.3 is 0 Å². The van der Waals surface area contributed by atoms with Crippen molar-refractivity contribution in [2.24, 2.45) is 0 Å². The Hall–Kier alpha value is -18.2. The second kappa shape index (κ2) is 31.8. The molecule has 21 aromatic carbocycles. The van der Waals surface area contributed by atoms with E-state index < -0.39 is 0 Å². The highest BCUT2D eigenvalue weighted by molar-refractivity contribution is 7.27. The van der Waals surface area contributed by atoms with E-state index in [0.717, 1.165) is 197 Å². The SMILES string of the molecule is c1cc(-c2cccc3ccccc23)cc(-c2nc3c4ccccc4c4c5ccccc5oc4c3c3ccccc23)c1.c1ccc(-c2cc(-c3ccccc3)cc(-c3nc4c5ccccc5c5c6ccccc6oc5c4c4ccccc34)c2)cc1.c1ccc(-c2nc(-n3c4ccc(-c5nc6c7ccccc7c7c8ccccc8sc7c6c6ccccc56)cc4c4ccncc43)nc3ccccc23)cc1. The van der Waals surface area contributed by atoms with Crippen LogP contribution in [0.2, 0.25) is 0 Å². The van der Waals surface area contributed by atoms with Crippen molar-refractivity contribution in [2.75, 3.05) is 0 Å². The molecule has 0 aliphatic carbocycles. The molecule has 0 atom stereocenters. The van der Waals surface area contributed by atoms with Crippen LogP contribution in [0.25, 0.3) is 289 Å². The molecule has 30 rings (SSSR count). The van der Waals surface area contributed by atoms with E-state index in [1.165, 1.54) is 85.9 Å². The molecule has 30 aromatic rings. The Balaban J connectivity index is 0.000000103. The van der Waals surface area contributed by atoms with Crippen LogP contribution in [-0.2, 0) is 0 Å². The Labute approximate surface area is 793 Å². The van der Waals surface area contributed by atoms with Gasteiger partial charge in [-0.15, -0.1) is 11.3 Å². The van der Waals surface area contributed by atoms with Crippen LogP contribution in [0, 0.1) is 0 Å². The van der Waals surface area contributed by atoms with Crippen LogP contribution in [0.5, 0.6) is 0 Å². The zero-order chi connectivity index (χ0) is 90.6. The molecule has 0 N–H and O–H groups in total. The first-order valence-electron chi connectivity index (χ1n) is 46.7. The highest BCUT2D eigenvalue weighted by Crippen LogP contribution is 2.52. The number of thiophene rings is 1. The largest absolute Gasteiger partial charge is 0.455 e. The Bertz CT molecular complexity index is 10300. The third kappa shape index (κ3) is 12.5. The summed E-state index contributed by atoms with van der Waals surface area (Å²) in [6.45, 7) is 0. The summed E-state index contributed by atoms with van der Waals surface area (Å²) in [5.41, 5.74) is 24.6. The van der Waals surface area contributed by atoms with E-state index in [1.54, 1.807) is 0 Å². The van der Waals surface area contributed by atoms with Crippen molar-refractivity contribution in [1.82, 2.24) is 34.5 Å². The van der Waals surface area contributed by atoms with E-state index in [0.29, 0.717) is 5.95 Å². The van der Waals surface area contributed by atoms with Crippen molar-refractivity contribution in [1.29, 1.82) is 0 Å². The van der Waals surface area contributed by atoms with Crippen LogP contribution in [0.3, 0.4) is 0 Å². The summed E-state index contributed by atoms with van der Waals surface area (Å²) in [5, 5.41) is 30.1. The second-order valence-electron chi connectivity index (χ2n) is 35.6. The predicted molar refractivity (Wildman–Crippen MR) is 578 cm³/mol. The zero-order valence-electron chi connectivity index (χ0n) is 74.2. The normalized spacial score (nSPS) is 11.9. The van der Waals surface area contributed by atoms with Gasteiger partial charge in [-0.25, -0.2) is 24.9 Å². The fourth-order valence-electron chi connectivity index (χ4n) is 21.8. The van der Waals surface area contributed by atoms with Crippen LogP contribution in [-0.4, -0.2) is 34.5 Å². The van der Waals surface area contributed by atoms with Gasteiger partial charge in [0.25, 0.3) is 0 Å². The average molecular weight is 1780 g/mol. The summed E-state index contributed by atoms with van der Waals surface area (Å²) < 4.78 is 18.0. The molecule has 0 spiro atoms. The number of rotatable bonds is 8. The Morgan fingerprint density at radius 2 is 0.616 bits per heavy atom. The first-order valence-corrected chi connectivity index (χ1v) is 47.5. The highest BCUT2D eigenvalue weighted by Gasteiger charge is 2.28. The van der Waals surface area contributed by atoms with Crippen molar-refractivity contribution in [3.05, 3.63) is 455 Å². The maximum absolute atomic E-state index is 6.64. The van der Waals surface area contributed by atoms with E-state index in [-0.39, 0.29) is 0 Å². The van der Waals surface area contributed by atoms with Crippen LogP contribution in [0.15, 0.2) is 464 Å². The van der Waals surface area contributed by atoms with Crippen molar-refractivity contribution in [3.8, 4) is 84.4 Å². The molecule has 9 aromatic heterocycles. The van der Waals surface area contributed by atoms with Gasteiger partial charge in [-0.3, -0.25) is 9.55 Å². The maximum Gasteiger partial charge on any atom is 0.235 e. The number of hydrogen-bond donors (Lipinski definition) is 0. The number of para-hydroxylation sites is 3. The topological polar surface area (TPSA) is 109 Å². The first kappa shape index (κ1) is 78.4. The third-order valence-electron chi connectivity index (χ3n) is 27.9. The number of nitrogens with zero attached hydrogens (tertiary/aromatic N) is 7. The number of aromatic nitrogens is 7. The molecule has 0 amide bonds. The Morgan fingerprint density at radius 3 is 1.20 bits per heavy atom. The molecule has 640 valence electrons. The molecular weight excluding hydrogens is 1700 g/mol. The quantitative estimate of drug-likeness (QED) is 0.138. The summed E-state index contributed by atoms with van der Waals surface area (Å²) in [5.74, 6) is 0.612. The summed E-state index contributed by atoms with van der Waals surface area (Å²) in [6, 6.07) is 157. The zero-order valence-corrected chi connectivity index (χ0v) is 75.0. The van der Waals surface area contributed by atoms with E-state index in [1.807, 2.05) is 54.1 Å². The monoisotopic (exact) mass is 1770 g/mol. The molecule has 0 unspecified atom stereocenters. The van der Waals surface area contributed by atoms with Crippen LogP contribution < -0.4 is 0 Å². The van der Waals surface area contributed by atoms with E-state index in [2.05, 4.69) is 422 Å². The van der Waals surface area contributed by atoms with Gasteiger partial charge in [0.05, 0.1) is 72.8 Å². The van der Waals surface area contributed by atoms with E-state index >= 15 is 0 Å². The Kier molecular flexibility index (Phi) is 18.1. The molecule has 0 aliphatic heterocycles. The molecule has 138 heavy (non-hydrogen) atoms. The number of pyridine rings is 4. The molecule has 0 saturated carbocycles. The smallest absolute Gasteiger partial charge is 0.235 e. The average Bonchev–Trinajstić information content (AvgIpc) is 1.54. The lowest BCUT2D eigenvalue weighted by Crippen LogP contribution is -2.03. The number of hydrogen-bond acceptors (Lipinski definition) is 9.